The summed E-state index contributed by atoms with van der Waals surface area (Å²) in [4.78, 5) is 22.0. The summed E-state index contributed by atoms with van der Waals surface area (Å²) in [5.41, 5.74) is 3.17. The molecular weight excluding hydrogens is 505 g/mol. The number of nitrogens with one attached hydrogen (secondary N) is 2. The van der Waals surface area contributed by atoms with Crippen molar-refractivity contribution >= 4 is 28.6 Å². The molecule has 0 aliphatic heterocycles. The molecule has 0 atom stereocenters. The Morgan fingerprint density at radius 1 is 1.10 bits per heavy atom. The average Bonchev–Trinajstić information content (AvgIpc) is 3.27. The van der Waals surface area contributed by atoms with Gasteiger partial charge >= 0.3 is 6.18 Å². The van der Waals surface area contributed by atoms with Crippen LogP contribution in [0.1, 0.15) is 55.7 Å². The molecule has 0 spiro atoms. The molecule has 0 unspecified atom stereocenters. The highest BCUT2D eigenvalue weighted by molar-refractivity contribution is 5.92. The minimum absolute atomic E-state index is 0.194. The van der Waals surface area contributed by atoms with Crippen LogP contribution in [0.3, 0.4) is 0 Å². The van der Waals surface area contributed by atoms with Gasteiger partial charge in [0.2, 0.25) is 11.9 Å². The smallest absolute Gasteiger partial charge is 0.351 e. The van der Waals surface area contributed by atoms with Crippen molar-refractivity contribution in [1.82, 2.24) is 19.7 Å². The molecule has 1 aliphatic carbocycles. The second-order valence-corrected chi connectivity index (χ2v) is 10.1. The normalized spacial score (nSPS) is 14.5. The van der Waals surface area contributed by atoms with Crippen molar-refractivity contribution < 1.29 is 18.0 Å². The fraction of sp³-hybridized carbons (Fsp3) is 0.379. The van der Waals surface area contributed by atoms with E-state index >= 15 is 0 Å². The van der Waals surface area contributed by atoms with Gasteiger partial charge in [0.05, 0.1) is 23.2 Å². The van der Waals surface area contributed by atoms with E-state index in [1.165, 1.54) is 31.4 Å². The zero-order valence-corrected chi connectivity index (χ0v) is 22.0. The van der Waals surface area contributed by atoms with E-state index < -0.39 is 17.6 Å². The number of benzene rings is 2. The van der Waals surface area contributed by atoms with Crippen molar-refractivity contribution in [2.75, 3.05) is 10.6 Å². The van der Waals surface area contributed by atoms with Crippen molar-refractivity contribution in [2.45, 2.75) is 64.1 Å². The Hall–Kier alpha value is -3.95. The van der Waals surface area contributed by atoms with Gasteiger partial charge in [-0.2, -0.15) is 18.3 Å². The molecule has 4 aromatic rings. The molecule has 1 amide bonds. The highest BCUT2D eigenvalue weighted by Gasteiger charge is 2.30. The third-order valence-corrected chi connectivity index (χ3v) is 7.14. The van der Waals surface area contributed by atoms with Crippen LogP contribution in [0.5, 0.6) is 0 Å². The van der Waals surface area contributed by atoms with Gasteiger partial charge in [0, 0.05) is 36.3 Å². The molecule has 0 radical (unpaired) electrons. The third kappa shape index (κ3) is 6.21. The van der Waals surface area contributed by atoms with Crippen LogP contribution in [0.2, 0.25) is 0 Å². The maximum atomic E-state index is 13.0. The lowest BCUT2D eigenvalue weighted by atomic mass is 9.96. The summed E-state index contributed by atoms with van der Waals surface area (Å²) in [7, 11) is 1.78. The van der Waals surface area contributed by atoms with Crippen molar-refractivity contribution in [3.8, 4) is 11.3 Å². The summed E-state index contributed by atoms with van der Waals surface area (Å²) in [6.45, 7) is 2.08. The van der Waals surface area contributed by atoms with Gasteiger partial charge in [0.25, 0.3) is 0 Å². The molecule has 0 saturated heterocycles. The second-order valence-electron chi connectivity index (χ2n) is 10.1. The zero-order chi connectivity index (χ0) is 27.6. The Morgan fingerprint density at radius 3 is 2.64 bits per heavy atom. The van der Waals surface area contributed by atoms with Crippen LogP contribution in [0.4, 0.5) is 24.9 Å². The van der Waals surface area contributed by atoms with Gasteiger partial charge < -0.3 is 10.6 Å². The van der Waals surface area contributed by atoms with Crippen molar-refractivity contribution in [3.05, 3.63) is 65.4 Å². The van der Waals surface area contributed by atoms with Crippen LogP contribution in [-0.2, 0) is 30.9 Å². The van der Waals surface area contributed by atoms with E-state index in [1.54, 1.807) is 17.8 Å². The van der Waals surface area contributed by atoms with Gasteiger partial charge in [-0.15, -0.1) is 0 Å². The summed E-state index contributed by atoms with van der Waals surface area (Å²) in [5, 5.41) is 11.5. The van der Waals surface area contributed by atoms with E-state index in [2.05, 4.69) is 33.7 Å². The van der Waals surface area contributed by atoms with E-state index in [-0.39, 0.29) is 12.0 Å². The monoisotopic (exact) mass is 536 g/mol. The summed E-state index contributed by atoms with van der Waals surface area (Å²) in [6, 6.07) is 11.0. The van der Waals surface area contributed by atoms with Gasteiger partial charge in [0.1, 0.15) is 0 Å². The molecule has 39 heavy (non-hydrogen) atoms. The van der Waals surface area contributed by atoms with Gasteiger partial charge in [-0.05, 0) is 48.6 Å². The van der Waals surface area contributed by atoms with E-state index in [0.717, 1.165) is 59.1 Å². The fourth-order valence-corrected chi connectivity index (χ4v) is 5.16. The lowest BCUT2D eigenvalue weighted by Crippen LogP contribution is -2.23. The van der Waals surface area contributed by atoms with Crippen LogP contribution in [0, 0.1) is 0 Å². The summed E-state index contributed by atoms with van der Waals surface area (Å²) in [6.07, 6.45) is 3.99. The van der Waals surface area contributed by atoms with Crippen molar-refractivity contribution in [1.29, 1.82) is 0 Å². The second kappa shape index (κ2) is 11.0. The first-order valence-electron chi connectivity index (χ1n) is 13.3. The SMILES string of the molecule is CCc1cc(-c2cc(NC(=O)Cc3cccc(C(F)(F)F)c3)nn2C)cc2cnc(NC3CCCCC3)nc12. The first kappa shape index (κ1) is 26.6. The fourth-order valence-electron chi connectivity index (χ4n) is 5.16. The molecule has 2 aromatic heterocycles. The number of anilines is 2. The highest BCUT2D eigenvalue weighted by Crippen LogP contribution is 2.31. The van der Waals surface area contributed by atoms with Crippen molar-refractivity contribution in [3.63, 3.8) is 0 Å². The molecule has 1 aliphatic rings. The average molecular weight is 537 g/mol. The Bertz CT molecular complexity index is 1490. The topological polar surface area (TPSA) is 84.7 Å². The molecule has 204 valence electrons. The lowest BCUT2D eigenvalue weighted by Gasteiger charge is -2.22. The van der Waals surface area contributed by atoms with Crippen LogP contribution in [-0.4, -0.2) is 31.7 Å². The number of amides is 1. The van der Waals surface area contributed by atoms with Crippen LogP contribution >= 0.6 is 0 Å². The number of alkyl halides is 3. The van der Waals surface area contributed by atoms with Gasteiger partial charge in [0.15, 0.2) is 5.82 Å². The number of fused-ring (bicyclic) bond motifs is 1. The molecule has 1 saturated carbocycles. The molecule has 2 N–H and O–H groups in total. The number of halogens is 3. The molecule has 2 aromatic carbocycles. The van der Waals surface area contributed by atoms with Gasteiger partial charge in [-0.1, -0.05) is 44.4 Å². The van der Waals surface area contributed by atoms with E-state index in [9.17, 15) is 18.0 Å². The minimum Gasteiger partial charge on any atom is -0.351 e. The van der Waals surface area contributed by atoms with Crippen LogP contribution in [0.25, 0.3) is 22.2 Å². The first-order valence-corrected chi connectivity index (χ1v) is 13.3. The van der Waals surface area contributed by atoms with Gasteiger partial charge in [-0.25, -0.2) is 9.97 Å². The number of rotatable bonds is 7. The number of aryl methyl sites for hydroxylation is 2. The molecule has 2 heterocycles. The number of hydrogen-bond donors (Lipinski definition) is 2. The first-order chi connectivity index (χ1) is 18.7. The quantitative estimate of drug-likeness (QED) is 0.280. The number of carbonyl (C=O) groups excluding carboxylic acids is 1. The zero-order valence-electron chi connectivity index (χ0n) is 22.0. The largest absolute Gasteiger partial charge is 0.416 e. The van der Waals surface area contributed by atoms with Crippen LogP contribution < -0.4 is 10.6 Å². The standard InChI is InChI=1S/C29H31F3N6O/c1-3-19-14-20(15-21-17-33-28(36-27(19)21)34-23-10-5-4-6-11-23)24-16-25(37-38(24)2)35-26(39)13-18-8-7-9-22(12-18)29(30,31)32/h7-9,12,14-17,23H,3-6,10-11,13H2,1-2H3,(H,33,34,36)(H,35,37,39). The minimum atomic E-state index is -4.46. The van der Waals surface area contributed by atoms with E-state index in [4.69, 9.17) is 4.98 Å². The molecular formula is C29H31F3N6O. The summed E-state index contributed by atoms with van der Waals surface area (Å²) in [5.74, 6) is 0.534. The summed E-state index contributed by atoms with van der Waals surface area (Å²) < 4.78 is 40.7. The number of nitrogens with zero attached hydrogens (tertiary/aromatic N) is 4. The molecule has 10 heteroatoms. The lowest BCUT2D eigenvalue weighted by molar-refractivity contribution is -0.137. The Labute approximate surface area is 224 Å². The Balaban J connectivity index is 1.34. The van der Waals surface area contributed by atoms with Gasteiger partial charge in [-0.3, -0.25) is 9.48 Å². The molecule has 1 fully saturated rings. The van der Waals surface area contributed by atoms with E-state index in [1.807, 2.05) is 12.3 Å². The number of carbonyl (C=O) groups is 1. The van der Waals surface area contributed by atoms with E-state index in [0.29, 0.717) is 17.8 Å². The molecule has 7 nitrogen and oxygen atoms in total. The highest BCUT2D eigenvalue weighted by atomic mass is 19.4. The Morgan fingerprint density at radius 2 is 1.90 bits per heavy atom. The predicted molar refractivity (Wildman–Crippen MR) is 145 cm³/mol. The van der Waals surface area contributed by atoms with Crippen molar-refractivity contribution in [2.24, 2.45) is 7.05 Å². The number of aromatic nitrogens is 4. The predicted octanol–water partition coefficient (Wildman–Crippen LogP) is 6.54. The number of hydrogen-bond acceptors (Lipinski definition) is 5. The van der Waals surface area contributed by atoms with Crippen LogP contribution in [0.15, 0.2) is 48.7 Å². The third-order valence-electron chi connectivity index (χ3n) is 7.14. The Kier molecular flexibility index (Phi) is 7.54. The maximum absolute atomic E-state index is 13.0. The molecule has 0 bridgehead atoms. The maximum Gasteiger partial charge on any atom is 0.416 e. The molecule has 5 rings (SSSR count). The summed E-state index contributed by atoms with van der Waals surface area (Å²) >= 11 is 0.